The third kappa shape index (κ3) is 5.22. The van der Waals surface area contributed by atoms with Crippen LogP contribution < -0.4 is 0 Å². The van der Waals surface area contributed by atoms with Crippen LogP contribution in [0.5, 0.6) is 0 Å². The lowest BCUT2D eigenvalue weighted by Gasteiger charge is -2.09. The lowest BCUT2D eigenvalue weighted by Crippen LogP contribution is -2.10. The van der Waals surface area contributed by atoms with E-state index in [0.717, 1.165) is 29.2 Å². The Morgan fingerprint density at radius 3 is 2.48 bits per heavy atom. The minimum Gasteiger partial charge on any atom is -0.463 e. The molecular formula is C18H20N2O4S. The summed E-state index contributed by atoms with van der Waals surface area (Å²) in [6, 6.07) is 11.4. The Hall–Kier alpha value is -2.54. The summed E-state index contributed by atoms with van der Waals surface area (Å²) in [5.41, 5.74) is 1.66. The lowest BCUT2D eigenvalue weighted by molar-refractivity contribution is -0.140. The maximum absolute atomic E-state index is 12.2. The average Bonchev–Trinajstić information content (AvgIpc) is 2.96. The molecule has 0 fully saturated rings. The molecule has 0 N–H and O–H groups in total. The fourth-order valence-corrected chi connectivity index (χ4v) is 3.02. The monoisotopic (exact) mass is 360 g/mol. The Morgan fingerprint density at radius 1 is 1.16 bits per heavy atom. The number of para-hydroxylation sites is 1. The minimum absolute atomic E-state index is 0.150. The summed E-state index contributed by atoms with van der Waals surface area (Å²) in [6.45, 7) is 5.73. The second-order valence-corrected chi connectivity index (χ2v) is 6.02. The molecule has 0 aliphatic carbocycles. The van der Waals surface area contributed by atoms with Gasteiger partial charge in [-0.1, -0.05) is 30.0 Å². The van der Waals surface area contributed by atoms with E-state index in [-0.39, 0.29) is 18.1 Å². The van der Waals surface area contributed by atoms with E-state index in [1.807, 2.05) is 43.3 Å². The number of aromatic nitrogens is 2. The number of hydrogen-bond donors (Lipinski definition) is 0. The number of hydrogen-bond acceptors (Lipinski definition) is 6. The van der Waals surface area contributed by atoms with Crippen LogP contribution in [0.3, 0.4) is 0 Å². The zero-order valence-electron chi connectivity index (χ0n) is 14.4. The van der Waals surface area contributed by atoms with Gasteiger partial charge in [-0.15, -0.1) is 0 Å². The summed E-state index contributed by atoms with van der Waals surface area (Å²) in [5.74, 6) is -1.15. The smallest absolute Gasteiger partial charge is 0.345 e. The van der Waals surface area contributed by atoms with Gasteiger partial charge in [0.05, 0.1) is 24.6 Å². The van der Waals surface area contributed by atoms with Crippen molar-refractivity contribution in [3.8, 4) is 5.69 Å². The summed E-state index contributed by atoms with van der Waals surface area (Å²) in [7, 11) is 0. The molecule has 0 aliphatic heterocycles. The summed E-state index contributed by atoms with van der Waals surface area (Å²) in [6.07, 6.45) is 1.16. The number of aryl methyl sites for hydroxylation is 1. The van der Waals surface area contributed by atoms with Crippen molar-refractivity contribution in [3.63, 3.8) is 0 Å². The van der Waals surface area contributed by atoms with Gasteiger partial charge in [-0.3, -0.25) is 0 Å². The lowest BCUT2D eigenvalue weighted by atomic mass is 10.3. The molecular weight excluding hydrogens is 340 g/mol. The second kappa shape index (κ2) is 9.08. The first-order valence-electron chi connectivity index (χ1n) is 7.90. The molecule has 0 saturated heterocycles. The Labute approximate surface area is 150 Å². The fourth-order valence-electron chi connectivity index (χ4n) is 2.04. The van der Waals surface area contributed by atoms with Crippen LogP contribution in [-0.2, 0) is 19.1 Å². The van der Waals surface area contributed by atoms with E-state index in [4.69, 9.17) is 9.47 Å². The standard InChI is InChI=1S/C18H20N2O4S/c1-4-23-17(21)12-15(18(22)24-5-2)25-16-11-13(3)19-20(16)14-9-7-6-8-10-14/h6-12H,4-5H2,1-3H3/b15-12-. The van der Waals surface area contributed by atoms with E-state index in [1.54, 1.807) is 18.5 Å². The molecule has 0 amide bonds. The summed E-state index contributed by atoms with van der Waals surface area (Å²) in [4.78, 5) is 24.1. The Bertz CT molecular complexity index is 769. The zero-order valence-corrected chi connectivity index (χ0v) is 15.2. The molecule has 0 aliphatic rings. The Morgan fingerprint density at radius 2 is 1.84 bits per heavy atom. The van der Waals surface area contributed by atoms with Crippen LogP contribution >= 0.6 is 11.8 Å². The van der Waals surface area contributed by atoms with Gasteiger partial charge in [0.1, 0.15) is 9.93 Å². The first kappa shape index (κ1) is 18.8. The van der Waals surface area contributed by atoms with Gasteiger partial charge in [-0.2, -0.15) is 5.10 Å². The van der Waals surface area contributed by atoms with Crippen molar-refractivity contribution in [3.05, 3.63) is 53.1 Å². The van der Waals surface area contributed by atoms with Crippen molar-refractivity contribution in [1.82, 2.24) is 9.78 Å². The molecule has 7 heteroatoms. The predicted octanol–water partition coefficient (Wildman–Crippen LogP) is 3.28. The number of thioether (sulfide) groups is 1. The van der Waals surface area contributed by atoms with Crippen molar-refractivity contribution >= 4 is 23.7 Å². The molecule has 0 saturated carbocycles. The molecule has 2 aromatic rings. The average molecular weight is 360 g/mol. The molecule has 6 nitrogen and oxygen atoms in total. The SMILES string of the molecule is CCOC(=O)/C=C(\Sc1cc(C)nn1-c1ccccc1)C(=O)OCC. The van der Waals surface area contributed by atoms with Gasteiger partial charge in [0, 0.05) is 6.08 Å². The van der Waals surface area contributed by atoms with Crippen molar-refractivity contribution in [2.75, 3.05) is 13.2 Å². The molecule has 2 rings (SSSR count). The summed E-state index contributed by atoms with van der Waals surface area (Å²) >= 11 is 1.12. The van der Waals surface area contributed by atoms with E-state index in [1.165, 1.54) is 0 Å². The van der Waals surface area contributed by atoms with Crippen LogP contribution in [0.1, 0.15) is 19.5 Å². The maximum Gasteiger partial charge on any atom is 0.345 e. The van der Waals surface area contributed by atoms with Crippen LogP contribution in [-0.4, -0.2) is 34.9 Å². The van der Waals surface area contributed by atoms with Crippen LogP contribution in [0.15, 0.2) is 52.4 Å². The highest BCUT2D eigenvalue weighted by molar-refractivity contribution is 8.04. The Balaban J connectivity index is 2.36. The largest absolute Gasteiger partial charge is 0.463 e. The van der Waals surface area contributed by atoms with Crippen LogP contribution in [0.25, 0.3) is 5.69 Å². The maximum atomic E-state index is 12.2. The molecule has 25 heavy (non-hydrogen) atoms. The highest BCUT2D eigenvalue weighted by Crippen LogP contribution is 2.30. The van der Waals surface area contributed by atoms with E-state index >= 15 is 0 Å². The van der Waals surface area contributed by atoms with Gasteiger partial charge < -0.3 is 9.47 Å². The first-order chi connectivity index (χ1) is 12.0. The number of ether oxygens (including phenoxy) is 2. The molecule has 0 unspecified atom stereocenters. The Kier molecular flexibility index (Phi) is 6.82. The van der Waals surface area contributed by atoms with Crippen molar-refractivity contribution < 1.29 is 19.1 Å². The van der Waals surface area contributed by atoms with Crippen LogP contribution in [0.2, 0.25) is 0 Å². The number of nitrogens with zero attached hydrogens (tertiary/aromatic N) is 2. The molecule has 1 aromatic heterocycles. The van der Waals surface area contributed by atoms with Crippen LogP contribution in [0.4, 0.5) is 0 Å². The van der Waals surface area contributed by atoms with Crippen molar-refractivity contribution in [2.45, 2.75) is 25.8 Å². The molecule has 0 spiro atoms. The molecule has 1 aromatic carbocycles. The van der Waals surface area contributed by atoms with E-state index < -0.39 is 11.9 Å². The van der Waals surface area contributed by atoms with Gasteiger partial charge in [0.25, 0.3) is 0 Å². The van der Waals surface area contributed by atoms with E-state index in [9.17, 15) is 9.59 Å². The van der Waals surface area contributed by atoms with Crippen molar-refractivity contribution in [2.24, 2.45) is 0 Å². The van der Waals surface area contributed by atoms with Gasteiger partial charge in [-0.05, 0) is 39.0 Å². The second-order valence-electron chi connectivity index (χ2n) is 4.95. The van der Waals surface area contributed by atoms with Gasteiger partial charge >= 0.3 is 11.9 Å². The molecule has 0 atom stereocenters. The zero-order chi connectivity index (χ0) is 18.2. The number of carbonyl (C=O) groups excluding carboxylic acids is 2. The number of carbonyl (C=O) groups is 2. The number of rotatable bonds is 7. The third-order valence-corrected chi connectivity index (χ3v) is 4.03. The number of esters is 2. The highest BCUT2D eigenvalue weighted by Gasteiger charge is 2.19. The molecule has 132 valence electrons. The van der Waals surface area contributed by atoms with Crippen LogP contribution in [0, 0.1) is 6.92 Å². The van der Waals surface area contributed by atoms with Crippen molar-refractivity contribution in [1.29, 1.82) is 0 Å². The van der Waals surface area contributed by atoms with Gasteiger partial charge in [0.2, 0.25) is 0 Å². The normalized spacial score (nSPS) is 11.2. The molecule has 0 bridgehead atoms. The first-order valence-corrected chi connectivity index (χ1v) is 8.72. The van der Waals surface area contributed by atoms with Gasteiger partial charge in [-0.25, -0.2) is 14.3 Å². The number of benzene rings is 1. The van der Waals surface area contributed by atoms with E-state index in [0.29, 0.717) is 5.03 Å². The highest BCUT2D eigenvalue weighted by atomic mass is 32.2. The summed E-state index contributed by atoms with van der Waals surface area (Å²) < 4.78 is 11.7. The fraction of sp³-hybridized carbons (Fsp3) is 0.278. The third-order valence-electron chi connectivity index (χ3n) is 3.03. The topological polar surface area (TPSA) is 70.4 Å². The molecule has 1 heterocycles. The van der Waals surface area contributed by atoms with Gasteiger partial charge in [0.15, 0.2) is 0 Å². The molecule has 0 radical (unpaired) electrons. The summed E-state index contributed by atoms with van der Waals surface area (Å²) in [5, 5.41) is 5.16. The predicted molar refractivity (Wildman–Crippen MR) is 95.5 cm³/mol. The quantitative estimate of drug-likeness (QED) is 0.429. The minimum atomic E-state index is -0.583. The van der Waals surface area contributed by atoms with E-state index in [2.05, 4.69) is 5.10 Å².